The molecule has 124 valence electrons. The van der Waals surface area contributed by atoms with Crippen LogP contribution in [0.2, 0.25) is 10.0 Å². The number of hydrogen-bond donors (Lipinski definition) is 1. The fourth-order valence-electron chi connectivity index (χ4n) is 3.64. The Kier molecular flexibility index (Phi) is 4.23. The Morgan fingerprint density at radius 2 is 2.00 bits per heavy atom. The third-order valence-corrected chi connectivity index (χ3v) is 5.49. The Morgan fingerprint density at radius 3 is 2.67 bits per heavy atom. The molecule has 0 saturated heterocycles. The maximum absolute atomic E-state index is 12.9. The summed E-state index contributed by atoms with van der Waals surface area (Å²) in [5, 5.41) is 13.8. The molecule has 5 heteroatoms. The Labute approximate surface area is 151 Å². The average Bonchev–Trinajstić information content (AvgIpc) is 2.47. The quantitative estimate of drug-likeness (QED) is 0.755. The lowest BCUT2D eigenvalue weighted by Crippen LogP contribution is -2.36. The first-order valence-electron chi connectivity index (χ1n) is 7.83. The van der Waals surface area contributed by atoms with Crippen LogP contribution >= 0.6 is 23.2 Å². The van der Waals surface area contributed by atoms with Crippen LogP contribution in [0.3, 0.4) is 0 Å². The van der Waals surface area contributed by atoms with Crippen LogP contribution in [0.1, 0.15) is 45.1 Å². The van der Waals surface area contributed by atoms with Crippen molar-refractivity contribution in [3.8, 4) is 6.07 Å². The van der Waals surface area contributed by atoms with Crippen LogP contribution in [0.5, 0.6) is 0 Å². The summed E-state index contributed by atoms with van der Waals surface area (Å²) in [6, 6.07) is 7.60. The van der Waals surface area contributed by atoms with Gasteiger partial charge in [0.1, 0.15) is 0 Å². The van der Waals surface area contributed by atoms with Gasteiger partial charge in [-0.3, -0.25) is 4.79 Å². The number of halogens is 2. The van der Waals surface area contributed by atoms with Gasteiger partial charge in [-0.05, 0) is 30.4 Å². The molecule has 0 fully saturated rings. The van der Waals surface area contributed by atoms with E-state index >= 15 is 0 Å². The highest BCUT2D eigenvalue weighted by atomic mass is 35.5. The molecule has 3 nitrogen and oxygen atoms in total. The second-order valence-electron chi connectivity index (χ2n) is 7.18. The molecular formula is C19H18Cl2N2O. The molecule has 0 amide bonds. The first kappa shape index (κ1) is 17.1. The average molecular weight is 361 g/mol. The van der Waals surface area contributed by atoms with Gasteiger partial charge in [0, 0.05) is 23.4 Å². The van der Waals surface area contributed by atoms with Gasteiger partial charge in [0.2, 0.25) is 0 Å². The molecule has 0 aromatic heterocycles. The normalized spacial score (nSPS) is 22.8. The van der Waals surface area contributed by atoms with Crippen LogP contribution in [0.25, 0.3) is 0 Å². The van der Waals surface area contributed by atoms with E-state index < -0.39 is 5.92 Å². The zero-order chi connectivity index (χ0) is 17.6. The van der Waals surface area contributed by atoms with E-state index in [9.17, 15) is 10.1 Å². The van der Waals surface area contributed by atoms with Crippen LogP contribution in [0.15, 0.2) is 40.7 Å². The largest absolute Gasteiger partial charge is 0.361 e. The van der Waals surface area contributed by atoms with Gasteiger partial charge in [0.15, 0.2) is 5.78 Å². The number of nitrogens with zero attached hydrogens (tertiary/aromatic N) is 1. The molecule has 1 aromatic rings. The number of carbonyl (C=O) groups excluding carboxylic acids is 1. The van der Waals surface area contributed by atoms with Gasteiger partial charge in [-0.25, -0.2) is 0 Å². The molecule has 0 spiro atoms. The van der Waals surface area contributed by atoms with Gasteiger partial charge in [0.05, 0.1) is 27.6 Å². The second-order valence-corrected chi connectivity index (χ2v) is 7.97. The predicted octanol–water partition coefficient (Wildman–Crippen LogP) is 5.12. The summed E-state index contributed by atoms with van der Waals surface area (Å²) < 4.78 is 0. The van der Waals surface area contributed by atoms with Crippen LogP contribution < -0.4 is 5.32 Å². The van der Waals surface area contributed by atoms with Gasteiger partial charge >= 0.3 is 0 Å². The van der Waals surface area contributed by atoms with Crippen molar-refractivity contribution < 1.29 is 4.79 Å². The molecule has 0 unspecified atom stereocenters. The Bertz CT molecular complexity index is 843. The Morgan fingerprint density at radius 1 is 1.29 bits per heavy atom. The van der Waals surface area contributed by atoms with Crippen molar-refractivity contribution in [1.29, 1.82) is 5.26 Å². The smallest absolute Gasteiger partial charge is 0.162 e. The number of nitrogens with one attached hydrogen (secondary N) is 1. The fourth-order valence-corrected chi connectivity index (χ4v) is 4.06. The van der Waals surface area contributed by atoms with E-state index in [2.05, 4.69) is 25.2 Å². The van der Waals surface area contributed by atoms with Crippen LogP contribution in [-0.2, 0) is 4.79 Å². The molecule has 1 aromatic carbocycles. The van der Waals surface area contributed by atoms with E-state index in [1.807, 2.05) is 13.0 Å². The Hall–Kier alpha value is -1.76. The van der Waals surface area contributed by atoms with Crippen molar-refractivity contribution >= 4 is 29.0 Å². The molecule has 1 atom stereocenters. The molecule has 1 N–H and O–H groups in total. The summed E-state index contributed by atoms with van der Waals surface area (Å²) >= 11 is 12.6. The minimum Gasteiger partial charge on any atom is -0.361 e. The molecule has 0 bridgehead atoms. The number of hydrogen-bond acceptors (Lipinski definition) is 3. The lowest BCUT2D eigenvalue weighted by molar-refractivity contribution is -0.118. The van der Waals surface area contributed by atoms with Crippen molar-refractivity contribution in [3.63, 3.8) is 0 Å². The standard InChI is InChI=1S/C19H18Cl2N2O/c1-10-12(9-22)16(11-5-4-6-13(20)18(11)21)17-14(23-10)7-19(2,3)8-15(17)24/h4-6,16,23H,7-8H2,1-3H3/t16-/m0/s1. The highest BCUT2D eigenvalue weighted by Gasteiger charge is 2.41. The van der Waals surface area contributed by atoms with E-state index in [4.69, 9.17) is 23.2 Å². The van der Waals surface area contributed by atoms with Crippen molar-refractivity contribution in [2.24, 2.45) is 5.41 Å². The molecule has 1 aliphatic heterocycles. The lowest BCUT2D eigenvalue weighted by atomic mass is 9.69. The van der Waals surface area contributed by atoms with Crippen molar-refractivity contribution in [2.75, 3.05) is 0 Å². The number of carbonyl (C=O) groups is 1. The molecule has 1 heterocycles. The number of nitriles is 1. The van der Waals surface area contributed by atoms with E-state index in [-0.39, 0.29) is 11.2 Å². The minimum atomic E-state index is -0.457. The zero-order valence-corrected chi connectivity index (χ0v) is 15.3. The number of ketones is 1. The van der Waals surface area contributed by atoms with Gasteiger partial charge in [0.25, 0.3) is 0 Å². The number of benzene rings is 1. The molecular weight excluding hydrogens is 343 g/mol. The zero-order valence-electron chi connectivity index (χ0n) is 13.8. The third kappa shape index (κ3) is 2.75. The van der Waals surface area contributed by atoms with Crippen molar-refractivity contribution in [1.82, 2.24) is 5.32 Å². The highest BCUT2D eigenvalue weighted by molar-refractivity contribution is 6.42. The molecule has 0 radical (unpaired) electrons. The number of dihydropyridines is 1. The van der Waals surface area contributed by atoms with Crippen molar-refractivity contribution in [3.05, 3.63) is 56.3 Å². The molecule has 0 saturated carbocycles. The molecule has 3 rings (SSSR count). The van der Waals surface area contributed by atoms with Gasteiger partial charge in [-0.1, -0.05) is 49.2 Å². The highest BCUT2D eigenvalue weighted by Crippen LogP contribution is 2.48. The van der Waals surface area contributed by atoms with Gasteiger partial charge in [-0.2, -0.15) is 5.26 Å². The van der Waals surface area contributed by atoms with E-state index in [0.29, 0.717) is 33.2 Å². The summed E-state index contributed by atoms with van der Waals surface area (Å²) in [6.07, 6.45) is 1.22. The lowest BCUT2D eigenvalue weighted by Gasteiger charge is -2.38. The monoisotopic (exact) mass is 360 g/mol. The summed E-state index contributed by atoms with van der Waals surface area (Å²) in [6.45, 7) is 6.02. The molecule has 24 heavy (non-hydrogen) atoms. The van der Waals surface area contributed by atoms with Crippen LogP contribution in [0, 0.1) is 16.7 Å². The number of allylic oxidation sites excluding steroid dienone is 4. The van der Waals surface area contributed by atoms with Crippen LogP contribution in [0.4, 0.5) is 0 Å². The van der Waals surface area contributed by atoms with E-state index in [0.717, 1.165) is 17.8 Å². The maximum Gasteiger partial charge on any atom is 0.162 e. The molecule has 1 aliphatic carbocycles. The Balaban J connectivity index is 2.24. The third-order valence-electron chi connectivity index (χ3n) is 4.65. The second kappa shape index (κ2) is 5.95. The van der Waals surface area contributed by atoms with Gasteiger partial charge in [-0.15, -0.1) is 0 Å². The maximum atomic E-state index is 12.9. The van der Waals surface area contributed by atoms with E-state index in [1.165, 1.54) is 0 Å². The minimum absolute atomic E-state index is 0.0649. The first-order valence-corrected chi connectivity index (χ1v) is 8.59. The summed E-state index contributed by atoms with van der Waals surface area (Å²) in [5.41, 5.74) is 3.45. The van der Waals surface area contributed by atoms with Crippen LogP contribution in [-0.4, -0.2) is 5.78 Å². The molecule has 2 aliphatic rings. The van der Waals surface area contributed by atoms with E-state index in [1.54, 1.807) is 12.1 Å². The number of Topliss-reactive ketones (excluding diaryl/α,β-unsaturated/α-hetero) is 1. The SMILES string of the molecule is CC1=C(C#N)[C@H](c2cccc(Cl)c2Cl)C2=C(CC(C)(C)CC2=O)N1. The van der Waals surface area contributed by atoms with Gasteiger partial charge < -0.3 is 5.32 Å². The summed E-state index contributed by atoms with van der Waals surface area (Å²) in [4.78, 5) is 12.9. The summed E-state index contributed by atoms with van der Waals surface area (Å²) in [7, 11) is 0. The topological polar surface area (TPSA) is 52.9 Å². The summed E-state index contributed by atoms with van der Waals surface area (Å²) in [5.74, 6) is -0.393. The predicted molar refractivity (Wildman–Crippen MR) is 95.7 cm³/mol. The van der Waals surface area contributed by atoms with Crippen molar-refractivity contribution in [2.45, 2.75) is 39.5 Å². The fraction of sp³-hybridized carbons (Fsp3) is 0.368. The number of rotatable bonds is 1. The first-order chi connectivity index (χ1) is 11.2.